The van der Waals surface area contributed by atoms with E-state index in [0.717, 1.165) is 11.1 Å². The monoisotopic (exact) mass is 446 g/mol. The van der Waals surface area contributed by atoms with Crippen molar-refractivity contribution in [2.24, 2.45) is 0 Å². The summed E-state index contributed by atoms with van der Waals surface area (Å²) in [5.74, 6) is 0.425. The molecule has 4 rings (SSSR count). The standard InChI is InChI=1S/C25H26N4O4/c1-25(2,3)33-24(30)28-15-19(16-28)17-9-11-20(12-10-17)26-23-22(29(31)32)14-13-21(27-23)18-7-5-4-6-8-18/h4-14,19H,15-16H2,1-3H3,(H,26,27). The Labute approximate surface area is 192 Å². The number of carbonyl (C=O) groups excluding carboxylic acids is 1. The van der Waals surface area contributed by atoms with Gasteiger partial charge in [-0.3, -0.25) is 10.1 Å². The predicted octanol–water partition coefficient (Wildman–Crippen LogP) is 5.73. The van der Waals surface area contributed by atoms with Crippen LogP contribution in [0, 0.1) is 10.1 Å². The zero-order valence-corrected chi connectivity index (χ0v) is 18.8. The summed E-state index contributed by atoms with van der Waals surface area (Å²) in [6, 6.07) is 20.3. The number of rotatable bonds is 5. The van der Waals surface area contributed by atoms with Crippen molar-refractivity contribution >= 4 is 23.3 Å². The molecule has 1 aliphatic heterocycles. The van der Waals surface area contributed by atoms with Crippen LogP contribution in [0.5, 0.6) is 0 Å². The molecule has 3 aromatic rings. The van der Waals surface area contributed by atoms with E-state index in [0.29, 0.717) is 24.5 Å². The summed E-state index contributed by atoms with van der Waals surface area (Å²) in [5, 5.41) is 14.6. The molecule has 0 unspecified atom stereocenters. The number of benzene rings is 2. The number of nitrogens with one attached hydrogen (secondary N) is 1. The van der Waals surface area contributed by atoms with Gasteiger partial charge in [0.2, 0.25) is 5.82 Å². The fourth-order valence-corrected chi connectivity index (χ4v) is 3.60. The predicted molar refractivity (Wildman–Crippen MR) is 127 cm³/mol. The fraction of sp³-hybridized carbons (Fsp3) is 0.280. The number of aromatic nitrogens is 1. The maximum Gasteiger partial charge on any atom is 0.410 e. The van der Waals surface area contributed by atoms with E-state index in [1.54, 1.807) is 11.0 Å². The minimum absolute atomic E-state index is 0.0919. The molecule has 0 saturated carbocycles. The van der Waals surface area contributed by atoms with E-state index in [-0.39, 0.29) is 23.5 Å². The summed E-state index contributed by atoms with van der Waals surface area (Å²) >= 11 is 0. The molecular weight excluding hydrogens is 420 g/mol. The number of amides is 1. The van der Waals surface area contributed by atoms with Crippen LogP contribution in [0.2, 0.25) is 0 Å². The van der Waals surface area contributed by atoms with Crippen molar-refractivity contribution in [3.63, 3.8) is 0 Å². The molecule has 1 saturated heterocycles. The first kappa shape index (κ1) is 22.3. The highest BCUT2D eigenvalue weighted by atomic mass is 16.6. The Kier molecular flexibility index (Phi) is 6.00. The first-order valence-corrected chi connectivity index (χ1v) is 10.8. The van der Waals surface area contributed by atoms with Crippen LogP contribution in [0.3, 0.4) is 0 Å². The SMILES string of the molecule is CC(C)(C)OC(=O)N1CC(c2ccc(Nc3nc(-c4ccccc4)ccc3[N+](=O)[O-])cc2)C1. The number of likely N-dealkylation sites (tertiary alicyclic amines) is 1. The molecule has 1 amide bonds. The van der Waals surface area contributed by atoms with Crippen LogP contribution in [0.1, 0.15) is 32.3 Å². The van der Waals surface area contributed by atoms with Gasteiger partial charge in [-0.05, 0) is 44.5 Å². The van der Waals surface area contributed by atoms with E-state index in [2.05, 4.69) is 10.3 Å². The summed E-state index contributed by atoms with van der Waals surface area (Å²) in [5.41, 5.74) is 2.72. The highest BCUT2D eigenvalue weighted by Crippen LogP contribution is 2.32. The molecular formula is C25H26N4O4. The van der Waals surface area contributed by atoms with Crippen molar-refractivity contribution in [1.29, 1.82) is 0 Å². The number of nitro groups is 1. The van der Waals surface area contributed by atoms with Crippen LogP contribution in [0.15, 0.2) is 66.7 Å². The second kappa shape index (κ2) is 8.90. The number of carbonyl (C=O) groups is 1. The van der Waals surface area contributed by atoms with Gasteiger partial charge in [0.15, 0.2) is 0 Å². The van der Waals surface area contributed by atoms with Crippen molar-refractivity contribution in [3.05, 3.63) is 82.4 Å². The third-order valence-electron chi connectivity index (χ3n) is 5.32. The molecule has 0 radical (unpaired) electrons. The molecule has 0 aliphatic carbocycles. The second-order valence-corrected chi connectivity index (χ2v) is 9.02. The number of nitrogens with zero attached hydrogens (tertiary/aromatic N) is 3. The van der Waals surface area contributed by atoms with E-state index < -0.39 is 10.5 Å². The van der Waals surface area contributed by atoms with Crippen molar-refractivity contribution in [2.45, 2.75) is 32.3 Å². The maximum atomic E-state index is 12.1. The largest absolute Gasteiger partial charge is 0.444 e. The molecule has 8 heteroatoms. The lowest BCUT2D eigenvalue weighted by atomic mass is 9.92. The number of pyridine rings is 1. The number of hydrogen-bond acceptors (Lipinski definition) is 6. The molecule has 170 valence electrons. The van der Waals surface area contributed by atoms with Gasteiger partial charge in [-0.1, -0.05) is 42.5 Å². The smallest absolute Gasteiger partial charge is 0.410 e. The molecule has 0 atom stereocenters. The molecule has 0 spiro atoms. The van der Waals surface area contributed by atoms with Crippen molar-refractivity contribution < 1.29 is 14.5 Å². The molecule has 33 heavy (non-hydrogen) atoms. The topological polar surface area (TPSA) is 97.6 Å². The Balaban J connectivity index is 1.45. The highest BCUT2D eigenvalue weighted by molar-refractivity contribution is 5.71. The molecule has 0 bridgehead atoms. The van der Waals surface area contributed by atoms with Crippen LogP contribution in [-0.2, 0) is 4.74 Å². The molecule has 8 nitrogen and oxygen atoms in total. The lowest BCUT2D eigenvalue weighted by Gasteiger charge is -2.40. The van der Waals surface area contributed by atoms with Gasteiger partial charge >= 0.3 is 11.8 Å². The van der Waals surface area contributed by atoms with Gasteiger partial charge in [-0.25, -0.2) is 9.78 Å². The van der Waals surface area contributed by atoms with Crippen molar-refractivity contribution in [3.8, 4) is 11.3 Å². The van der Waals surface area contributed by atoms with Gasteiger partial charge in [0.25, 0.3) is 0 Å². The van der Waals surface area contributed by atoms with E-state index >= 15 is 0 Å². The van der Waals surface area contributed by atoms with Crippen LogP contribution < -0.4 is 5.32 Å². The van der Waals surface area contributed by atoms with Crippen LogP contribution >= 0.6 is 0 Å². The Morgan fingerprint density at radius 2 is 1.73 bits per heavy atom. The van der Waals surface area contributed by atoms with Crippen LogP contribution in [0.4, 0.5) is 22.0 Å². The number of anilines is 2. The molecule has 1 aliphatic rings. The Morgan fingerprint density at radius 1 is 1.06 bits per heavy atom. The van der Waals surface area contributed by atoms with Crippen molar-refractivity contribution in [1.82, 2.24) is 9.88 Å². The van der Waals surface area contributed by atoms with Gasteiger partial charge in [0.1, 0.15) is 5.60 Å². The minimum atomic E-state index is -0.510. The van der Waals surface area contributed by atoms with E-state index in [4.69, 9.17) is 4.74 Å². The average Bonchev–Trinajstić information content (AvgIpc) is 2.73. The van der Waals surface area contributed by atoms with Gasteiger partial charge in [0.05, 0.1) is 10.6 Å². The van der Waals surface area contributed by atoms with Gasteiger partial charge in [-0.2, -0.15) is 0 Å². The highest BCUT2D eigenvalue weighted by Gasteiger charge is 2.34. The number of hydrogen-bond donors (Lipinski definition) is 1. The molecule has 1 aromatic heterocycles. The Hall–Kier alpha value is -3.94. The summed E-state index contributed by atoms with van der Waals surface area (Å²) in [7, 11) is 0. The fourth-order valence-electron chi connectivity index (χ4n) is 3.60. The normalized spacial score (nSPS) is 13.8. The quantitative estimate of drug-likeness (QED) is 0.397. The Bertz CT molecular complexity index is 1150. The zero-order valence-electron chi connectivity index (χ0n) is 18.8. The third-order valence-corrected chi connectivity index (χ3v) is 5.32. The molecule has 1 fully saturated rings. The zero-order chi connectivity index (χ0) is 23.6. The lowest BCUT2D eigenvalue weighted by Crippen LogP contribution is -2.50. The van der Waals surface area contributed by atoms with Gasteiger partial charge in [-0.15, -0.1) is 0 Å². The average molecular weight is 447 g/mol. The Morgan fingerprint density at radius 3 is 2.33 bits per heavy atom. The second-order valence-electron chi connectivity index (χ2n) is 9.02. The summed E-state index contributed by atoms with van der Waals surface area (Å²) in [6.07, 6.45) is -0.297. The summed E-state index contributed by atoms with van der Waals surface area (Å²) < 4.78 is 5.40. The van der Waals surface area contributed by atoms with Crippen molar-refractivity contribution in [2.75, 3.05) is 18.4 Å². The van der Waals surface area contributed by atoms with Crippen LogP contribution in [-0.4, -0.2) is 39.6 Å². The molecule has 2 heterocycles. The van der Waals surface area contributed by atoms with E-state index in [9.17, 15) is 14.9 Å². The third kappa shape index (κ3) is 5.28. The molecule has 2 aromatic carbocycles. The number of ether oxygens (including phenoxy) is 1. The first-order valence-electron chi connectivity index (χ1n) is 10.8. The molecule has 1 N–H and O–H groups in total. The van der Waals surface area contributed by atoms with Crippen LogP contribution in [0.25, 0.3) is 11.3 Å². The van der Waals surface area contributed by atoms with Gasteiger partial charge < -0.3 is 15.0 Å². The summed E-state index contributed by atoms with van der Waals surface area (Å²) in [4.78, 5) is 29.4. The van der Waals surface area contributed by atoms with Gasteiger partial charge in [0, 0.05) is 36.3 Å². The van der Waals surface area contributed by atoms with E-state index in [1.807, 2.05) is 75.4 Å². The summed E-state index contributed by atoms with van der Waals surface area (Å²) in [6.45, 7) is 6.76. The maximum absolute atomic E-state index is 12.1. The first-order chi connectivity index (χ1) is 15.7. The lowest BCUT2D eigenvalue weighted by molar-refractivity contribution is -0.384. The van der Waals surface area contributed by atoms with E-state index in [1.165, 1.54) is 6.07 Å². The minimum Gasteiger partial charge on any atom is -0.444 e.